The summed E-state index contributed by atoms with van der Waals surface area (Å²) in [7, 11) is 0. The number of nitrogens with zero attached hydrogens (tertiary/aromatic N) is 1. The summed E-state index contributed by atoms with van der Waals surface area (Å²) in [6, 6.07) is 7.70. The van der Waals surface area contributed by atoms with E-state index < -0.39 is 4.33 Å². The Bertz CT molecular complexity index is 562. The van der Waals surface area contributed by atoms with Crippen LogP contribution in [-0.4, -0.2) is 9.32 Å². The molecule has 0 bridgehead atoms. The Hall–Kier alpha value is -0.280. The molecule has 1 aliphatic carbocycles. The van der Waals surface area contributed by atoms with Gasteiger partial charge in [0.15, 0.2) is 0 Å². The van der Waals surface area contributed by atoms with Crippen molar-refractivity contribution < 1.29 is 0 Å². The van der Waals surface area contributed by atoms with Crippen molar-refractivity contribution in [1.82, 2.24) is 4.98 Å². The van der Waals surface area contributed by atoms with Crippen LogP contribution in [-0.2, 0) is 6.42 Å². The molecule has 18 heavy (non-hydrogen) atoms. The highest BCUT2D eigenvalue weighted by Gasteiger charge is 2.51. The molecule has 0 aliphatic heterocycles. The Kier molecular flexibility index (Phi) is 3.31. The Balaban J connectivity index is 1.75. The van der Waals surface area contributed by atoms with Crippen LogP contribution in [0.5, 0.6) is 0 Å². The highest BCUT2D eigenvalue weighted by molar-refractivity contribution is 7.10. The fourth-order valence-corrected chi connectivity index (χ4v) is 3.40. The van der Waals surface area contributed by atoms with E-state index in [2.05, 4.69) is 10.4 Å². The molecule has 5 heteroatoms. The molecule has 0 radical (unpaired) electrons. The van der Waals surface area contributed by atoms with Crippen LogP contribution in [0.1, 0.15) is 11.4 Å². The van der Waals surface area contributed by atoms with Gasteiger partial charge in [0.05, 0.1) is 10.7 Å². The Morgan fingerprint density at radius 2 is 1.94 bits per heavy atom. The first-order valence-corrected chi connectivity index (χ1v) is 7.64. The molecule has 1 atom stereocenters. The molecule has 1 aromatic heterocycles. The maximum atomic E-state index is 6.03. The van der Waals surface area contributed by atoms with Crippen molar-refractivity contribution in [2.45, 2.75) is 17.2 Å². The quantitative estimate of drug-likeness (QED) is 0.709. The summed E-state index contributed by atoms with van der Waals surface area (Å²) in [6.45, 7) is 0. The zero-order chi connectivity index (χ0) is 12.8. The predicted octanol–water partition coefficient (Wildman–Crippen LogP) is 5.20. The highest BCUT2D eigenvalue weighted by Crippen LogP contribution is 2.54. The topological polar surface area (TPSA) is 12.9 Å². The molecule has 0 amide bonds. The molecule has 0 spiro atoms. The zero-order valence-corrected chi connectivity index (χ0v) is 12.5. The molecule has 1 heterocycles. The van der Waals surface area contributed by atoms with Crippen molar-refractivity contribution in [1.29, 1.82) is 0 Å². The monoisotopic (exact) mass is 317 g/mol. The van der Waals surface area contributed by atoms with Crippen LogP contribution < -0.4 is 0 Å². The van der Waals surface area contributed by atoms with E-state index in [0.29, 0.717) is 5.92 Å². The third kappa shape index (κ3) is 2.67. The van der Waals surface area contributed by atoms with Crippen LogP contribution in [0, 0.1) is 5.92 Å². The van der Waals surface area contributed by atoms with E-state index in [4.69, 9.17) is 34.8 Å². The predicted molar refractivity (Wildman–Crippen MR) is 78.8 cm³/mol. The van der Waals surface area contributed by atoms with Crippen LogP contribution in [0.2, 0.25) is 5.02 Å². The highest BCUT2D eigenvalue weighted by atomic mass is 35.5. The lowest BCUT2D eigenvalue weighted by atomic mass is 10.2. The van der Waals surface area contributed by atoms with Gasteiger partial charge in [-0.25, -0.2) is 4.98 Å². The van der Waals surface area contributed by atoms with Crippen LogP contribution in [0.3, 0.4) is 0 Å². The average Bonchev–Trinajstić information content (AvgIpc) is 2.75. The molecule has 1 saturated carbocycles. The van der Waals surface area contributed by atoms with E-state index in [1.165, 1.54) is 0 Å². The summed E-state index contributed by atoms with van der Waals surface area (Å²) in [5, 5.41) is 3.89. The van der Waals surface area contributed by atoms with Crippen molar-refractivity contribution in [2.24, 2.45) is 5.92 Å². The minimum Gasteiger partial charge on any atom is -0.241 e. The van der Waals surface area contributed by atoms with Gasteiger partial charge in [-0.1, -0.05) is 23.7 Å². The second kappa shape index (κ2) is 4.68. The van der Waals surface area contributed by atoms with E-state index in [-0.39, 0.29) is 0 Å². The van der Waals surface area contributed by atoms with Gasteiger partial charge >= 0.3 is 0 Å². The molecule has 1 fully saturated rings. The van der Waals surface area contributed by atoms with Crippen LogP contribution >= 0.6 is 46.1 Å². The van der Waals surface area contributed by atoms with E-state index in [1.54, 1.807) is 11.3 Å². The largest absolute Gasteiger partial charge is 0.241 e. The van der Waals surface area contributed by atoms with Crippen molar-refractivity contribution in [3.63, 3.8) is 0 Å². The number of alkyl halides is 2. The molecule has 0 saturated heterocycles. The summed E-state index contributed by atoms with van der Waals surface area (Å²) >= 11 is 19.6. The molecule has 94 valence electrons. The molecule has 0 N–H and O–H groups in total. The zero-order valence-electron chi connectivity index (χ0n) is 9.37. The van der Waals surface area contributed by atoms with Crippen molar-refractivity contribution in [3.8, 4) is 11.3 Å². The molecular formula is C13H10Cl3NS. The Morgan fingerprint density at radius 3 is 2.56 bits per heavy atom. The lowest BCUT2D eigenvalue weighted by molar-refractivity contribution is 0.813. The van der Waals surface area contributed by atoms with E-state index in [1.807, 2.05) is 24.3 Å². The van der Waals surface area contributed by atoms with Crippen LogP contribution in [0.15, 0.2) is 29.6 Å². The van der Waals surface area contributed by atoms with Gasteiger partial charge < -0.3 is 0 Å². The molecule has 1 nitrogen and oxygen atoms in total. The first kappa shape index (κ1) is 12.7. The summed E-state index contributed by atoms with van der Waals surface area (Å²) in [5.74, 6) is 0.352. The molecule has 1 unspecified atom stereocenters. The number of hydrogen-bond donors (Lipinski definition) is 0. The van der Waals surface area contributed by atoms with Gasteiger partial charge in [0.2, 0.25) is 0 Å². The Labute approximate surface area is 125 Å². The summed E-state index contributed by atoms with van der Waals surface area (Å²) in [4.78, 5) is 4.61. The smallest absolute Gasteiger partial charge is 0.122 e. The summed E-state index contributed by atoms with van der Waals surface area (Å²) in [6.07, 6.45) is 1.73. The summed E-state index contributed by atoms with van der Waals surface area (Å²) in [5.41, 5.74) is 2.07. The number of thiazole rings is 1. The van der Waals surface area contributed by atoms with Crippen LogP contribution in [0.4, 0.5) is 0 Å². The van der Waals surface area contributed by atoms with Crippen molar-refractivity contribution in [3.05, 3.63) is 39.7 Å². The lowest BCUT2D eigenvalue weighted by Crippen LogP contribution is -1.94. The van der Waals surface area contributed by atoms with Crippen molar-refractivity contribution >= 4 is 46.1 Å². The maximum Gasteiger partial charge on any atom is 0.122 e. The van der Waals surface area contributed by atoms with Gasteiger partial charge in [0, 0.05) is 28.3 Å². The SMILES string of the molecule is Clc1ccc(-c2csc(CC3CC3(Cl)Cl)n2)cc1. The van der Waals surface area contributed by atoms with Gasteiger partial charge in [-0.3, -0.25) is 0 Å². The van der Waals surface area contributed by atoms with Gasteiger partial charge in [-0.15, -0.1) is 34.5 Å². The molecule has 1 aliphatic rings. The first-order valence-electron chi connectivity index (χ1n) is 5.63. The third-order valence-corrected chi connectivity index (χ3v) is 5.12. The van der Waals surface area contributed by atoms with E-state index in [9.17, 15) is 0 Å². The second-order valence-corrected chi connectivity index (χ2v) is 7.42. The number of halogens is 3. The fraction of sp³-hybridized carbons (Fsp3) is 0.308. The first-order chi connectivity index (χ1) is 8.54. The van der Waals surface area contributed by atoms with E-state index in [0.717, 1.165) is 34.1 Å². The minimum atomic E-state index is -0.522. The molecule has 3 rings (SSSR count). The lowest BCUT2D eigenvalue weighted by Gasteiger charge is -1.97. The van der Waals surface area contributed by atoms with Gasteiger partial charge in [0.25, 0.3) is 0 Å². The molecule has 2 aromatic rings. The minimum absolute atomic E-state index is 0.352. The number of aromatic nitrogens is 1. The van der Waals surface area contributed by atoms with Gasteiger partial charge in [0.1, 0.15) is 4.33 Å². The fourth-order valence-electron chi connectivity index (χ4n) is 1.86. The van der Waals surface area contributed by atoms with Gasteiger partial charge in [-0.05, 0) is 18.6 Å². The normalized spacial score (nSPS) is 20.9. The number of rotatable bonds is 3. The van der Waals surface area contributed by atoms with Crippen LogP contribution in [0.25, 0.3) is 11.3 Å². The van der Waals surface area contributed by atoms with Gasteiger partial charge in [-0.2, -0.15) is 0 Å². The summed E-state index contributed by atoms with van der Waals surface area (Å²) < 4.78 is -0.522. The van der Waals surface area contributed by atoms with E-state index >= 15 is 0 Å². The molecule has 1 aromatic carbocycles. The second-order valence-electron chi connectivity index (χ2n) is 4.50. The number of hydrogen-bond acceptors (Lipinski definition) is 2. The maximum absolute atomic E-state index is 6.03. The number of benzene rings is 1. The van der Waals surface area contributed by atoms with Crippen molar-refractivity contribution in [2.75, 3.05) is 0 Å². The molecular weight excluding hydrogens is 309 g/mol. The Morgan fingerprint density at radius 1 is 1.28 bits per heavy atom. The third-order valence-electron chi connectivity index (χ3n) is 3.07. The standard InChI is InChI=1S/C13H10Cl3NS/c14-10-3-1-8(2-4-10)11-7-18-12(17-11)5-9-6-13(9,15)16/h1-4,7,9H,5-6H2. The average molecular weight is 319 g/mol.